The molecule has 6 nitrogen and oxygen atoms in total. The Labute approximate surface area is 131 Å². The molecule has 2 fully saturated rings. The van der Waals surface area contributed by atoms with Gasteiger partial charge in [-0.15, -0.1) is 5.10 Å². The highest BCUT2D eigenvalue weighted by atomic mass is 35.5. The topological polar surface area (TPSA) is 67.9 Å². The van der Waals surface area contributed by atoms with Gasteiger partial charge in [-0.2, -0.15) is 4.98 Å². The van der Waals surface area contributed by atoms with Crippen molar-refractivity contribution in [1.29, 1.82) is 0 Å². The number of likely N-dealkylation sites (tertiary alicyclic amines) is 1. The molecule has 1 saturated heterocycles. The molecule has 2 aromatic rings. The highest BCUT2D eigenvalue weighted by Crippen LogP contribution is 2.39. The minimum atomic E-state index is 0.348. The van der Waals surface area contributed by atoms with Gasteiger partial charge in [0.05, 0.1) is 0 Å². The van der Waals surface area contributed by atoms with Gasteiger partial charge in [-0.1, -0.05) is 21.2 Å². The Kier molecular flexibility index (Phi) is 3.64. The predicted molar refractivity (Wildman–Crippen MR) is 78.4 cm³/mol. The van der Waals surface area contributed by atoms with Crippen molar-refractivity contribution < 1.29 is 4.52 Å². The number of hydrogen-bond acceptors (Lipinski definition) is 7. The quantitative estimate of drug-likeness (QED) is 0.861. The van der Waals surface area contributed by atoms with E-state index in [-0.39, 0.29) is 0 Å². The van der Waals surface area contributed by atoms with Crippen LogP contribution in [0.25, 0.3) is 0 Å². The molecule has 1 atom stereocenters. The van der Waals surface area contributed by atoms with Crippen molar-refractivity contribution in [2.75, 3.05) is 13.1 Å². The zero-order chi connectivity index (χ0) is 14.2. The first kappa shape index (κ1) is 13.6. The van der Waals surface area contributed by atoms with Crippen LogP contribution in [0.1, 0.15) is 54.9 Å². The number of halogens is 1. The van der Waals surface area contributed by atoms with Crippen molar-refractivity contribution in [3.05, 3.63) is 21.7 Å². The third-order valence-electron chi connectivity index (χ3n) is 4.14. The monoisotopic (exact) mass is 325 g/mol. The van der Waals surface area contributed by atoms with E-state index in [0.29, 0.717) is 16.2 Å². The van der Waals surface area contributed by atoms with Crippen LogP contribution in [0, 0.1) is 0 Å². The molecule has 0 unspecified atom stereocenters. The van der Waals surface area contributed by atoms with Gasteiger partial charge >= 0.3 is 0 Å². The van der Waals surface area contributed by atoms with Crippen LogP contribution in [-0.2, 0) is 6.54 Å². The van der Waals surface area contributed by atoms with Gasteiger partial charge in [0, 0.05) is 36.5 Å². The van der Waals surface area contributed by atoms with E-state index in [1.807, 2.05) is 0 Å². The fraction of sp³-hybridized carbons (Fsp3) is 0.692. The largest absolute Gasteiger partial charge is 0.339 e. The molecule has 8 heteroatoms. The van der Waals surface area contributed by atoms with Crippen LogP contribution in [0.3, 0.4) is 0 Å². The molecular weight excluding hydrogens is 310 g/mol. The summed E-state index contributed by atoms with van der Waals surface area (Å²) in [5.41, 5.74) is 0.870. The van der Waals surface area contributed by atoms with Gasteiger partial charge in [-0.25, -0.2) is 0 Å². The molecule has 2 aliphatic rings. The van der Waals surface area contributed by atoms with E-state index in [0.717, 1.165) is 49.9 Å². The Morgan fingerprint density at radius 2 is 2.19 bits per heavy atom. The van der Waals surface area contributed by atoms with Crippen LogP contribution in [-0.4, -0.2) is 37.7 Å². The molecule has 2 aromatic heterocycles. The first-order valence-corrected chi connectivity index (χ1v) is 8.47. The van der Waals surface area contributed by atoms with Gasteiger partial charge in [0.1, 0.15) is 10.0 Å². The van der Waals surface area contributed by atoms with Gasteiger partial charge in [0.2, 0.25) is 5.89 Å². The zero-order valence-electron chi connectivity index (χ0n) is 11.5. The second kappa shape index (κ2) is 5.62. The van der Waals surface area contributed by atoms with Crippen LogP contribution in [0.2, 0.25) is 4.34 Å². The lowest BCUT2D eigenvalue weighted by Crippen LogP contribution is -2.34. The van der Waals surface area contributed by atoms with E-state index in [9.17, 15) is 0 Å². The average Bonchev–Trinajstić information content (AvgIpc) is 3.09. The van der Waals surface area contributed by atoms with E-state index >= 15 is 0 Å². The first-order valence-electron chi connectivity index (χ1n) is 7.32. The van der Waals surface area contributed by atoms with E-state index < -0.39 is 0 Å². The Hall–Kier alpha value is -1.05. The summed E-state index contributed by atoms with van der Waals surface area (Å²) in [7, 11) is 0. The summed E-state index contributed by atoms with van der Waals surface area (Å²) in [5, 5.41) is 8.27. The normalized spacial score (nSPS) is 23.6. The van der Waals surface area contributed by atoms with Crippen molar-refractivity contribution in [1.82, 2.24) is 24.6 Å². The highest BCUT2D eigenvalue weighted by Gasteiger charge is 2.32. The lowest BCUT2D eigenvalue weighted by molar-refractivity contribution is 0.192. The second-order valence-corrected chi connectivity index (χ2v) is 7.19. The molecule has 21 heavy (non-hydrogen) atoms. The van der Waals surface area contributed by atoms with Crippen molar-refractivity contribution in [2.24, 2.45) is 0 Å². The van der Waals surface area contributed by atoms with Crippen molar-refractivity contribution >= 4 is 23.1 Å². The van der Waals surface area contributed by atoms with Gasteiger partial charge in [-0.05, 0) is 32.2 Å². The van der Waals surface area contributed by atoms with Gasteiger partial charge < -0.3 is 4.52 Å². The van der Waals surface area contributed by atoms with Crippen LogP contribution in [0.4, 0.5) is 0 Å². The molecular formula is C13H16ClN5OS. The van der Waals surface area contributed by atoms with Gasteiger partial charge in [-0.3, -0.25) is 4.90 Å². The fourth-order valence-electron chi connectivity index (χ4n) is 2.82. The maximum absolute atomic E-state index is 6.08. The summed E-state index contributed by atoms with van der Waals surface area (Å²) < 4.78 is 9.96. The zero-order valence-corrected chi connectivity index (χ0v) is 13.1. The number of piperidine rings is 1. The van der Waals surface area contributed by atoms with E-state index in [2.05, 4.69) is 24.6 Å². The summed E-state index contributed by atoms with van der Waals surface area (Å²) >= 11 is 7.33. The maximum Gasteiger partial charge on any atom is 0.229 e. The van der Waals surface area contributed by atoms with Crippen LogP contribution >= 0.6 is 23.1 Å². The number of hydrogen-bond donors (Lipinski definition) is 0. The molecule has 4 rings (SSSR count). The van der Waals surface area contributed by atoms with Crippen LogP contribution < -0.4 is 0 Å². The minimum absolute atomic E-state index is 0.348. The van der Waals surface area contributed by atoms with E-state index in [1.165, 1.54) is 24.4 Å². The van der Waals surface area contributed by atoms with Gasteiger partial charge in [0.25, 0.3) is 0 Å². The number of nitrogens with zero attached hydrogens (tertiary/aromatic N) is 5. The average molecular weight is 326 g/mol. The standard InChI is InChI=1S/C13H16ClN5OS/c14-11-10(16-18-21-11)7-19-5-1-2-9(6-19)12-15-13(20-17-12)8-3-4-8/h8-9H,1-7H2/t9-/m0/s1. The molecule has 3 heterocycles. The third-order valence-corrected chi connectivity index (χ3v) is 5.12. The molecule has 112 valence electrons. The Morgan fingerprint density at radius 3 is 2.95 bits per heavy atom. The summed E-state index contributed by atoms with van der Waals surface area (Å²) in [4.78, 5) is 6.94. The third kappa shape index (κ3) is 2.95. The molecule has 0 aromatic carbocycles. The Balaban J connectivity index is 1.43. The molecule has 1 aliphatic heterocycles. The summed E-state index contributed by atoms with van der Waals surface area (Å²) in [6.07, 6.45) is 4.62. The summed E-state index contributed by atoms with van der Waals surface area (Å²) in [6.45, 7) is 2.73. The molecule has 0 bridgehead atoms. The molecule has 0 radical (unpaired) electrons. The van der Waals surface area contributed by atoms with Crippen LogP contribution in [0.5, 0.6) is 0 Å². The van der Waals surface area contributed by atoms with Gasteiger partial charge in [0.15, 0.2) is 5.82 Å². The molecule has 1 aliphatic carbocycles. The summed E-state index contributed by atoms with van der Waals surface area (Å²) in [6, 6.07) is 0. The number of aromatic nitrogens is 4. The van der Waals surface area contributed by atoms with Crippen LogP contribution in [0.15, 0.2) is 4.52 Å². The first-order chi connectivity index (χ1) is 10.3. The lowest BCUT2D eigenvalue weighted by atomic mass is 9.97. The molecule has 0 spiro atoms. The van der Waals surface area contributed by atoms with E-state index in [4.69, 9.17) is 16.1 Å². The molecule has 0 N–H and O–H groups in total. The SMILES string of the molecule is Clc1snnc1CN1CCC[C@H](c2noc(C3CC3)n2)C1. The minimum Gasteiger partial charge on any atom is -0.339 e. The summed E-state index contributed by atoms with van der Waals surface area (Å²) in [5.74, 6) is 2.56. The molecule has 1 saturated carbocycles. The second-order valence-electron chi connectivity index (χ2n) is 5.83. The van der Waals surface area contributed by atoms with E-state index in [1.54, 1.807) is 0 Å². The number of rotatable bonds is 4. The predicted octanol–water partition coefficient (Wildman–Crippen LogP) is 2.83. The Morgan fingerprint density at radius 1 is 1.29 bits per heavy atom. The molecule has 0 amide bonds. The maximum atomic E-state index is 6.08. The van der Waals surface area contributed by atoms with Crippen molar-refractivity contribution in [3.8, 4) is 0 Å². The highest BCUT2D eigenvalue weighted by molar-refractivity contribution is 7.10. The lowest BCUT2D eigenvalue weighted by Gasteiger charge is -2.30. The van der Waals surface area contributed by atoms with Crippen molar-refractivity contribution in [2.45, 2.75) is 44.1 Å². The smallest absolute Gasteiger partial charge is 0.229 e. The van der Waals surface area contributed by atoms with Crippen molar-refractivity contribution in [3.63, 3.8) is 0 Å². The Bertz CT molecular complexity index is 626. The fourth-order valence-corrected chi connectivity index (χ4v) is 3.43.